The highest BCUT2D eigenvalue weighted by Gasteiger charge is 2.30. The second-order valence-corrected chi connectivity index (χ2v) is 6.47. The average Bonchev–Trinajstić information content (AvgIpc) is 3.11. The summed E-state index contributed by atoms with van der Waals surface area (Å²) in [5.41, 5.74) is 2.26. The Morgan fingerprint density at radius 3 is 3.00 bits per heavy atom. The molecule has 1 aromatic carbocycles. The molecule has 3 rings (SSSR count). The van der Waals surface area contributed by atoms with Crippen LogP contribution in [0.5, 0.6) is 0 Å². The van der Waals surface area contributed by atoms with Gasteiger partial charge in [-0.3, -0.25) is 14.7 Å². The van der Waals surface area contributed by atoms with Gasteiger partial charge < -0.3 is 10.2 Å². The lowest BCUT2D eigenvalue weighted by molar-refractivity contribution is -0.127. The van der Waals surface area contributed by atoms with Crippen LogP contribution in [-0.2, 0) is 11.2 Å². The zero-order valence-electron chi connectivity index (χ0n) is 13.4. The van der Waals surface area contributed by atoms with Crippen molar-refractivity contribution >= 4 is 23.4 Å². The van der Waals surface area contributed by atoms with Gasteiger partial charge >= 0.3 is 0 Å². The summed E-state index contributed by atoms with van der Waals surface area (Å²) in [5, 5.41) is 10.2. The first-order chi connectivity index (χ1) is 11.5. The summed E-state index contributed by atoms with van der Waals surface area (Å²) in [6, 6.07) is 9.13. The molecule has 24 heavy (non-hydrogen) atoms. The van der Waals surface area contributed by atoms with Gasteiger partial charge in [-0.2, -0.15) is 5.10 Å². The van der Waals surface area contributed by atoms with E-state index in [-0.39, 0.29) is 17.9 Å². The van der Waals surface area contributed by atoms with Gasteiger partial charge in [0.05, 0.1) is 6.04 Å². The van der Waals surface area contributed by atoms with Gasteiger partial charge in [0.1, 0.15) is 5.69 Å². The number of halogens is 1. The molecular weight excluding hydrogens is 328 g/mol. The van der Waals surface area contributed by atoms with Gasteiger partial charge in [-0.1, -0.05) is 23.7 Å². The van der Waals surface area contributed by atoms with E-state index in [0.717, 1.165) is 17.7 Å². The number of aromatic nitrogens is 2. The Balaban J connectivity index is 1.53. The van der Waals surface area contributed by atoms with Gasteiger partial charge in [-0.25, -0.2) is 0 Å². The third kappa shape index (κ3) is 3.94. The second-order valence-electron chi connectivity index (χ2n) is 6.03. The molecule has 1 saturated heterocycles. The number of hydrogen-bond acceptors (Lipinski definition) is 3. The first-order valence-electron chi connectivity index (χ1n) is 7.86. The van der Waals surface area contributed by atoms with E-state index < -0.39 is 0 Å². The minimum atomic E-state index is -0.256. The van der Waals surface area contributed by atoms with Crippen LogP contribution in [0.15, 0.2) is 30.3 Å². The van der Waals surface area contributed by atoms with Crippen LogP contribution in [0.2, 0.25) is 5.02 Å². The van der Waals surface area contributed by atoms with Gasteiger partial charge in [0.25, 0.3) is 5.91 Å². The van der Waals surface area contributed by atoms with Gasteiger partial charge in [0.15, 0.2) is 0 Å². The van der Waals surface area contributed by atoms with Crippen LogP contribution in [0, 0.1) is 6.92 Å². The first-order valence-corrected chi connectivity index (χ1v) is 8.24. The van der Waals surface area contributed by atoms with Crippen LogP contribution in [-0.4, -0.2) is 46.0 Å². The maximum absolute atomic E-state index is 12.1. The SMILES string of the molecule is Cc1cc(C(=O)NC2CC(=O)N(CCc3cccc(Cl)c3)C2)n[nH]1. The number of likely N-dealkylation sites (tertiary alicyclic amines) is 1. The number of H-pyrrole nitrogens is 1. The number of carbonyl (C=O) groups excluding carboxylic acids is 2. The van der Waals surface area contributed by atoms with Crippen molar-refractivity contribution in [3.63, 3.8) is 0 Å². The maximum atomic E-state index is 12.1. The number of hydrogen-bond donors (Lipinski definition) is 2. The minimum absolute atomic E-state index is 0.0561. The zero-order chi connectivity index (χ0) is 17.1. The number of amides is 2. The topological polar surface area (TPSA) is 78.1 Å². The molecule has 0 aliphatic carbocycles. The second kappa shape index (κ2) is 7.05. The van der Waals surface area contributed by atoms with Crippen molar-refractivity contribution < 1.29 is 9.59 Å². The van der Waals surface area contributed by atoms with E-state index >= 15 is 0 Å². The van der Waals surface area contributed by atoms with E-state index in [4.69, 9.17) is 11.6 Å². The molecule has 1 atom stereocenters. The van der Waals surface area contributed by atoms with Crippen LogP contribution >= 0.6 is 11.6 Å². The maximum Gasteiger partial charge on any atom is 0.272 e. The lowest BCUT2D eigenvalue weighted by Gasteiger charge is -2.17. The molecule has 1 unspecified atom stereocenters. The Kier molecular flexibility index (Phi) is 4.85. The number of benzene rings is 1. The van der Waals surface area contributed by atoms with E-state index in [2.05, 4.69) is 15.5 Å². The van der Waals surface area contributed by atoms with E-state index in [1.54, 1.807) is 11.0 Å². The smallest absolute Gasteiger partial charge is 0.272 e. The summed E-state index contributed by atoms with van der Waals surface area (Å²) in [4.78, 5) is 26.0. The van der Waals surface area contributed by atoms with E-state index in [9.17, 15) is 9.59 Å². The molecule has 2 aromatic rings. The fraction of sp³-hybridized carbons (Fsp3) is 0.353. The summed E-state index contributed by atoms with van der Waals surface area (Å²) < 4.78 is 0. The Hall–Kier alpha value is -2.34. The van der Waals surface area contributed by atoms with Crippen LogP contribution in [0.1, 0.15) is 28.2 Å². The molecule has 126 valence electrons. The summed E-state index contributed by atoms with van der Waals surface area (Å²) in [5.74, 6) is -0.200. The first kappa shape index (κ1) is 16.5. The Morgan fingerprint density at radius 2 is 2.29 bits per heavy atom. The fourth-order valence-corrected chi connectivity index (χ4v) is 3.05. The van der Waals surface area contributed by atoms with Gasteiger partial charge in [-0.15, -0.1) is 0 Å². The lowest BCUT2D eigenvalue weighted by atomic mass is 10.1. The Morgan fingerprint density at radius 1 is 1.46 bits per heavy atom. The summed E-state index contributed by atoms with van der Waals surface area (Å²) >= 11 is 5.97. The molecule has 1 fully saturated rings. The Labute approximate surface area is 145 Å². The number of nitrogens with zero attached hydrogens (tertiary/aromatic N) is 2. The molecule has 6 nitrogen and oxygen atoms in total. The minimum Gasteiger partial charge on any atom is -0.346 e. The predicted molar refractivity (Wildman–Crippen MR) is 90.9 cm³/mol. The van der Waals surface area contributed by atoms with Gasteiger partial charge in [0.2, 0.25) is 5.91 Å². The third-order valence-electron chi connectivity index (χ3n) is 4.05. The van der Waals surface area contributed by atoms with Crippen molar-refractivity contribution in [2.45, 2.75) is 25.8 Å². The van der Waals surface area contributed by atoms with Crippen LogP contribution < -0.4 is 5.32 Å². The van der Waals surface area contributed by atoms with Crippen molar-refractivity contribution in [1.82, 2.24) is 20.4 Å². The highest BCUT2D eigenvalue weighted by Crippen LogP contribution is 2.15. The van der Waals surface area contributed by atoms with E-state index in [1.807, 2.05) is 31.2 Å². The molecule has 2 N–H and O–H groups in total. The molecule has 1 aliphatic heterocycles. The zero-order valence-corrected chi connectivity index (χ0v) is 14.1. The van der Waals surface area contributed by atoms with Gasteiger partial charge in [-0.05, 0) is 37.1 Å². The fourth-order valence-electron chi connectivity index (χ4n) is 2.84. The van der Waals surface area contributed by atoms with E-state index in [0.29, 0.717) is 30.2 Å². The average molecular weight is 347 g/mol. The van der Waals surface area contributed by atoms with Crippen molar-refractivity contribution in [2.24, 2.45) is 0 Å². The molecule has 2 heterocycles. The number of carbonyl (C=O) groups is 2. The molecular formula is C17H19ClN4O2. The van der Waals surface area contributed by atoms with Crippen LogP contribution in [0.3, 0.4) is 0 Å². The number of aryl methyl sites for hydroxylation is 1. The lowest BCUT2D eigenvalue weighted by Crippen LogP contribution is -2.37. The largest absolute Gasteiger partial charge is 0.346 e. The molecule has 0 saturated carbocycles. The highest BCUT2D eigenvalue weighted by atomic mass is 35.5. The summed E-state index contributed by atoms with van der Waals surface area (Å²) in [6.45, 7) is 2.97. The van der Waals surface area contributed by atoms with E-state index in [1.165, 1.54) is 0 Å². The molecule has 7 heteroatoms. The van der Waals surface area contributed by atoms with Crippen molar-refractivity contribution in [3.05, 3.63) is 52.3 Å². The van der Waals surface area contributed by atoms with Crippen molar-refractivity contribution in [1.29, 1.82) is 0 Å². The monoisotopic (exact) mass is 346 g/mol. The quantitative estimate of drug-likeness (QED) is 0.868. The standard InChI is InChI=1S/C17H19ClN4O2/c1-11-7-15(21-20-11)17(24)19-14-9-16(23)22(10-14)6-5-12-3-2-4-13(18)8-12/h2-4,7-8,14H,5-6,9-10H2,1H3,(H,19,24)(H,20,21). The highest BCUT2D eigenvalue weighted by molar-refractivity contribution is 6.30. The normalized spacial score (nSPS) is 17.3. The molecule has 0 radical (unpaired) electrons. The molecule has 1 aromatic heterocycles. The number of rotatable bonds is 5. The molecule has 1 aliphatic rings. The number of aromatic amines is 1. The van der Waals surface area contributed by atoms with Crippen LogP contribution in [0.4, 0.5) is 0 Å². The Bertz CT molecular complexity index is 759. The third-order valence-corrected chi connectivity index (χ3v) is 4.28. The van der Waals surface area contributed by atoms with Gasteiger partial charge in [0, 0.05) is 30.2 Å². The van der Waals surface area contributed by atoms with Crippen molar-refractivity contribution in [3.8, 4) is 0 Å². The molecule has 0 spiro atoms. The van der Waals surface area contributed by atoms with Crippen molar-refractivity contribution in [2.75, 3.05) is 13.1 Å². The summed E-state index contributed by atoms with van der Waals surface area (Å²) in [6.07, 6.45) is 1.07. The molecule has 0 bridgehead atoms. The summed E-state index contributed by atoms with van der Waals surface area (Å²) in [7, 11) is 0. The predicted octanol–water partition coefficient (Wildman–Crippen LogP) is 1.94. The van der Waals surface area contributed by atoms with Crippen LogP contribution in [0.25, 0.3) is 0 Å². The molecule has 2 amide bonds. The number of nitrogens with one attached hydrogen (secondary N) is 2.